The molecule has 0 spiro atoms. The van der Waals surface area contributed by atoms with Gasteiger partial charge in [0.25, 0.3) is 0 Å². The van der Waals surface area contributed by atoms with Crippen LogP contribution in [0.4, 0.5) is 10.1 Å². The summed E-state index contributed by atoms with van der Waals surface area (Å²) in [6.07, 6.45) is 0.985. The quantitative estimate of drug-likeness (QED) is 0.750. The van der Waals surface area contributed by atoms with Gasteiger partial charge in [0, 0.05) is 19.7 Å². The smallest absolute Gasteiger partial charge is 0.150 e. The molecule has 0 amide bonds. The highest BCUT2D eigenvalue weighted by molar-refractivity contribution is 5.49. The van der Waals surface area contributed by atoms with Crippen LogP contribution in [-0.4, -0.2) is 34.3 Å². The molecule has 0 heterocycles. The zero-order chi connectivity index (χ0) is 12.0. The van der Waals surface area contributed by atoms with Crippen molar-refractivity contribution in [3.05, 3.63) is 24.0 Å². The zero-order valence-corrected chi connectivity index (χ0v) is 10.1. The van der Waals surface area contributed by atoms with Crippen molar-refractivity contribution in [1.29, 1.82) is 0 Å². The number of nitrogens with one attached hydrogen (secondary N) is 1. The van der Waals surface area contributed by atoms with Gasteiger partial charge in [-0.05, 0) is 32.1 Å². The third kappa shape index (κ3) is 3.38. The van der Waals surface area contributed by atoms with Crippen LogP contribution in [0.1, 0.15) is 6.42 Å². The molecule has 1 aromatic rings. The van der Waals surface area contributed by atoms with Crippen molar-refractivity contribution in [3.8, 4) is 5.75 Å². The Bertz CT molecular complexity index is 331. The lowest BCUT2D eigenvalue weighted by atomic mass is 10.2. The highest BCUT2D eigenvalue weighted by Gasteiger charge is 2.08. The number of ether oxygens (including phenoxy) is 1. The van der Waals surface area contributed by atoms with E-state index in [0.29, 0.717) is 11.4 Å². The lowest BCUT2D eigenvalue weighted by Gasteiger charge is -2.20. The van der Waals surface area contributed by atoms with Crippen LogP contribution in [-0.2, 0) is 0 Å². The average molecular weight is 226 g/mol. The predicted octanol–water partition coefficient (Wildman–Crippen LogP) is 1.88. The molecular formula is C12H19FN2O. The number of hydrogen-bond acceptors (Lipinski definition) is 3. The molecule has 16 heavy (non-hydrogen) atoms. The predicted molar refractivity (Wildman–Crippen MR) is 64.8 cm³/mol. The minimum absolute atomic E-state index is 0.244. The molecule has 0 fully saturated rings. The van der Waals surface area contributed by atoms with Gasteiger partial charge >= 0.3 is 0 Å². The first-order valence-electron chi connectivity index (χ1n) is 5.38. The Morgan fingerprint density at radius 1 is 1.44 bits per heavy atom. The zero-order valence-electron chi connectivity index (χ0n) is 10.1. The maximum Gasteiger partial charge on any atom is 0.150 e. The Labute approximate surface area is 96.2 Å². The summed E-state index contributed by atoms with van der Waals surface area (Å²) in [5, 5.41) is 3.07. The average Bonchev–Trinajstić information content (AvgIpc) is 2.29. The maximum atomic E-state index is 13.7. The molecule has 0 unspecified atom stereocenters. The lowest BCUT2D eigenvalue weighted by Crippen LogP contribution is -2.23. The second-order valence-corrected chi connectivity index (χ2v) is 3.70. The van der Waals surface area contributed by atoms with Gasteiger partial charge in [0.15, 0.2) is 0 Å². The van der Waals surface area contributed by atoms with E-state index in [2.05, 4.69) is 5.32 Å². The summed E-state index contributed by atoms with van der Waals surface area (Å²) in [5.74, 6) is 0.302. The fraction of sp³-hybridized carbons (Fsp3) is 0.500. The molecule has 0 aliphatic rings. The molecule has 0 atom stereocenters. The molecule has 1 aromatic carbocycles. The molecule has 0 radical (unpaired) electrons. The largest absolute Gasteiger partial charge is 0.497 e. The van der Waals surface area contributed by atoms with Crippen LogP contribution in [0.15, 0.2) is 18.2 Å². The van der Waals surface area contributed by atoms with Crippen LogP contribution in [0.5, 0.6) is 5.75 Å². The van der Waals surface area contributed by atoms with Crippen LogP contribution >= 0.6 is 0 Å². The SMILES string of the molecule is CNCCCN(C)c1ccc(OC)cc1F. The van der Waals surface area contributed by atoms with E-state index in [1.54, 1.807) is 12.1 Å². The van der Waals surface area contributed by atoms with Gasteiger partial charge in [-0.1, -0.05) is 0 Å². The van der Waals surface area contributed by atoms with Crippen molar-refractivity contribution in [2.24, 2.45) is 0 Å². The van der Waals surface area contributed by atoms with E-state index in [1.807, 2.05) is 19.0 Å². The Morgan fingerprint density at radius 2 is 2.19 bits per heavy atom. The summed E-state index contributed by atoms with van der Waals surface area (Å²) < 4.78 is 18.6. The summed E-state index contributed by atoms with van der Waals surface area (Å²) in [6.45, 7) is 1.76. The van der Waals surface area contributed by atoms with Crippen molar-refractivity contribution >= 4 is 5.69 Å². The van der Waals surface area contributed by atoms with E-state index in [4.69, 9.17) is 4.74 Å². The second-order valence-electron chi connectivity index (χ2n) is 3.70. The van der Waals surface area contributed by atoms with Gasteiger partial charge < -0.3 is 15.0 Å². The van der Waals surface area contributed by atoms with Crippen LogP contribution < -0.4 is 15.0 Å². The molecule has 90 valence electrons. The molecule has 1 rings (SSSR count). The normalized spacial score (nSPS) is 10.2. The Morgan fingerprint density at radius 3 is 2.75 bits per heavy atom. The molecule has 0 bridgehead atoms. The highest BCUT2D eigenvalue weighted by atomic mass is 19.1. The van der Waals surface area contributed by atoms with Crippen LogP contribution in [0.2, 0.25) is 0 Å². The number of halogens is 1. The molecule has 4 heteroatoms. The Kier molecular flexibility index (Phi) is 5.05. The standard InChI is InChI=1S/C12H19FN2O/c1-14-7-4-8-15(2)12-6-5-10(16-3)9-11(12)13/h5-6,9,14H,4,7-8H2,1-3H3. The summed E-state index contributed by atoms with van der Waals surface area (Å²) in [5.41, 5.74) is 0.608. The molecule has 0 saturated heterocycles. The summed E-state index contributed by atoms with van der Waals surface area (Å²) in [7, 11) is 5.33. The molecule has 1 N–H and O–H groups in total. The van der Waals surface area contributed by atoms with E-state index in [0.717, 1.165) is 19.5 Å². The van der Waals surface area contributed by atoms with E-state index < -0.39 is 0 Å². The third-order valence-electron chi connectivity index (χ3n) is 2.49. The Balaban J connectivity index is 2.64. The van der Waals surface area contributed by atoms with Crippen LogP contribution in [0.3, 0.4) is 0 Å². The van der Waals surface area contributed by atoms with Crippen LogP contribution in [0, 0.1) is 5.82 Å². The number of benzene rings is 1. The molecule has 0 aliphatic carbocycles. The Hall–Kier alpha value is -1.29. The molecule has 3 nitrogen and oxygen atoms in total. The molecule has 0 aromatic heterocycles. The fourth-order valence-corrected chi connectivity index (χ4v) is 1.54. The highest BCUT2D eigenvalue weighted by Crippen LogP contribution is 2.22. The number of methoxy groups -OCH3 is 1. The van der Waals surface area contributed by atoms with E-state index >= 15 is 0 Å². The van der Waals surface area contributed by atoms with E-state index in [9.17, 15) is 4.39 Å². The van der Waals surface area contributed by atoms with Gasteiger partial charge in [-0.15, -0.1) is 0 Å². The van der Waals surface area contributed by atoms with Gasteiger partial charge in [0.1, 0.15) is 11.6 Å². The van der Waals surface area contributed by atoms with Crippen LogP contribution in [0.25, 0.3) is 0 Å². The maximum absolute atomic E-state index is 13.7. The summed E-state index contributed by atoms with van der Waals surface area (Å²) in [4.78, 5) is 1.91. The van der Waals surface area contributed by atoms with Crippen molar-refractivity contribution in [3.63, 3.8) is 0 Å². The van der Waals surface area contributed by atoms with Crippen molar-refractivity contribution < 1.29 is 9.13 Å². The summed E-state index contributed by atoms with van der Waals surface area (Å²) in [6, 6.07) is 4.92. The van der Waals surface area contributed by atoms with E-state index in [1.165, 1.54) is 13.2 Å². The minimum Gasteiger partial charge on any atom is -0.497 e. The van der Waals surface area contributed by atoms with Crippen molar-refractivity contribution in [1.82, 2.24) is 5.32 Å². The summed E-state index contributed by atoms with van der Waals surface area (Å²) >= 11 is 0. The van der Waals surface area contributed by atoms with Gasteiger partial charge in [0.2, 0.25) is 0 Å². The van der Waals surface area contributed by atoms with Crippen molar-refractivity contribution in [2.45, 2.75) is 6.42 Å². The number of rotatable bonds is 6. The second kappa shape index (κ2) is 6.33. The lowest BCUT2D eigenvalue weighted by molar-refractivity contribution is 0.411. The number of nitrogens with zero attached hydrogens (tertiary/aromatic N) is 1. The van der Waals surface area contributed by atoms with E-state index in [-0.39, 0.29) is 5.82 Å². The molecule has 0 saturated carbocycles. The fourth-order valence-electron chi connectivity index (χ4n) is 1.54. The third-order valence-corrected chi connectivity index (χ3v) is 2.49. The topological polar surface area (TPSA) is 24.5 Å². The molecular weight excluding hydrogens is 207 g/mol. The number of anilines is 1. The van der Waals surface area contributed by atoms with Crippen molar-refractivity contribution in [2.75, 3.05) is 39.2 Å². The first-order valence-corrected chi connectivity index (χ1v) is 5.38. The van der Waals surface area contributed by atoms with Gasteiger partial charge in [-0.2, -0.15) is 0 Å². The monoisotopic (exact) mass is 226 g/mol. The van der Waals surface area contributed by atoms with Gasteiger partial charge in [0.05, 0.1) is 12.8 Å². The first-order chi connectivity index (χ1) is 7.69. The van der Waals surface area contributed by atoms with Gasteiger partial charge in [-0.25, -0.2) is 4.39 Å². The first kappa shape index (κ1) is 12.8. The van der Waals surface area contributed by atoms with Gasteiger partial charge in [-0.3, -0.25) is 0 Å². The minimum atomic E-state index is -0.244. The molecule has 0 aliphatic heterocycles. The number of hydrogen-bond donors (Lipinski definition) is 1.